The lowest BCUT2D eigenvalue weighted by Gasteiger charge is -2.26. The van der Waals surface area contributed by atoms with Gasteiger partial charge in [-0.25, -0.2) is 0 Å². The maximum Gasteiger partial charge on any atom is 0.253 e. The molecule has 0 saturated heterocycles. The lowest BCUT2D eigenvalue weighted by atomic mass is 9.93. The number of carbonyl (C=O) groups excluding carboxylic acids is 1. The van der Waals surface area contributed by atoms with Crippen LogP contribution in [0.2, 0.25) is 0 Å². The average Bonchev–Trinajstić information content (AvgIpc) is 2.61. The van der Waals surface area contributed by atoms with Crippen LogP contribution in [0.3, 0.4) is 0 Å². The lowest BCUT2D eigenvalue weighted by Crippen LogP contribution is -2.34. The molecule has 23 heavy (non-hydrogen) atoms. The molecule has 4 heteroatoms. The van der Waals surface area contributed by atoms with Gasteiger partial charge in [-0.05, 0) is 23.6 Å². The van der Waals surface area contributed by atoms with Gasteiger partial charge in [-0.1, -0.05) is 48.5 Å². The first kappa shape index (κ1) is 15.6. The molecule has 4 nitrogen and oxygen atoms in total. The van der Waals surface area contributed by atoms with Gasteiger partial charge in [-0.15, -0.1) is 0 Å². The van der Waals surface area contributed by atoms with Crippen molar-refractivity contribution in [1.82, 2.24) is 5.32 Å². The van der Waals surface area contributed by atoms with Gasteiger partial charge in [0.05, 0.1) is 6.61 Å². The summed E-state index contributed by atoms with van der Waals surface area (Å²) in [6.45, 7) is 1.27. The highest BCUT2D eigenvalue weighted by atomic mass is 16.5. The standard InChI is InChI=1S/C19H21NO3/c1-22-18(14-7-3-2-4-8-14)19(21)20-13-15-11-12-23-17-10-6-5-9-16(15)17/h2-10,15,18H,11-13H2,1H3,(H,20,21)/t15-,18-/m1/s1. The van der Waals surface area contributed by atoms with Crippen molar-refractivity contribution >= 4 is 5.91 Å². The molecule has 120 valence electrons. The first-order valence-electron chi connectivity index (χ1n) is 7.86. The minimum absolute atomic E-state index is 0.109. The predicted molar refractivity (Wildman–Crippen MR) is 88.5 cm³/mol. The third-order valence-electron chi connectivity index (χ3n) is 4.18. The van der Waals surface area contributed by atoms with E-state index in [4.69, 9.17) is 9.47 Å². The second-order valence-electron chi connectivity index (χ2n) is 5.64. The normalized spacial score (nSPS) is 17.7. The van der Waals surface area contributed by atoms with Gasteiger partial charge in [0.25, 0.3) is 5.91 Å². The Balaban J connectivity index is 1.65. The van der Waals surface area contributed by atoms with Crippen molar-refractivity contribution in [3.63, 3.8) is 0 Å². The van der Waals surface area contributed by atoms with Crippen molar-refractivity contribution in [2.45, 2.75) is 18.4 Å². The Morgan fingerprint density at radius 1 is 1.22 bits per heavy atom. The van der Waals surface area contributed by atoms with Gasteiger partial charge in [0.15, 0.2) is 6.10 Å². The van der Waals surface area contributed by atoms with E-state index in [0.29, 0.717) is 13.2 Å². The topological polar surface area (TPSA) is 47.6 Å². The summed E-state index contributed by atoms with van der Waals surface area (Å²) >= 11 is 0. The molecule has 2 aromatic rings. The van der Waals surface area contributed by atoms with E-state index in [0.717, 1.165) is 23.3 Å². The summed E-state index contributed by atoms with van der Waals surface area (Å²) < 4.78 is 11.0. The largest absolute Gasteiger partial charge is 0.493 e. The molecule has 1 amide bonds. The Kier molecular flexibility index (Phi) is 4.93. The molecule has 0 spiro atoms. The van der Waals surface area contributed by atoms with Crippen molar-refractivity contribution in [3.8, 4) is 5.75 Å². The number of carbonyl (C=O) groups is 1. The molecule has 3 rings (SSSR count). The van der Waals surface area contributed by atoms with Crippen LogP contribution in [0.25, 0.3) is 0 Å². The van der Waals surface area contributed by atoms with Crippen LogP contribution in [0.5, 0.6) is 5.75 Å². The maximum atomic E-state index is 12.5. The van der Waals surface area contributed by atoms with Crippen LogP contribution in [0.15, 0.2) is 54.6 Å². The van der Waals surface area contributed by atoms with E-state index in [9.17, 15) is 4.79 Å². The number of ether oxygens (including phenoxy) is 2. The summed E-state index contributed by atoms with van der Waals surface area (Å²) in [6, 6.07) is 17.6. The Morgan fingerprint density at radius 3 is 2.74 bits per heavy atom. The number of benzene rings is 2. The van der Waals surface area contributed by atoms with E-state index < -0.39 is 6.10 Å². The highest BCUT2D eigenvalue weighted by Gasteiger charge is 2.24. The fraction of sp³-hybridized carbons (Fsp3) is 0.316. The maximum absolute atomic E-state index is 12.5. The van der Waals surface area contributed by atoms with E-state index >= 15 is 0 Å². The quantitative estimate of drug-likeness (QED) is 0.923. The Labute approximate surface area is 136 Å². The van der Waals surface area contributed by atoms with Crippen LogP contribution in [0.4, 0.5) is 0 Å². The van der Waals surface area contributed by atoms with Gasteiger partial charge in [0.2, 0.25) is 0 Å². The van der Waals surface area contributed by atoms with Crippen molar-refractivity contribution < 1.29 is 14.3 Å². The number of nitrogens with one attached hydrogen (secondary N) is 1. The van der Waals surface area contributed by atoms with Gasteiger partial charge in [0, 0.05) is 19.6 Å². The number of amides is 1. The van der Waals surface area contributed by atoms with Gasteiger partial charge in [0.1, 0.15) is 5.75 Å². The van der Waals surface area contributed by atoms with Gasteiger partial charge >= 0.3 is 0 Å². The second kappa shape index (κ2) is 7.29. The minimum atomic E-state index is -0.578. The van der Waals surface area contributed by atoms with Gasteiger partial charge in [-0.3, -0.25) is 4.79 Å². The van der Waals surface area contributed by atoms with E-state index in [1.807, 2.05) is 48.5 Å². The lowest BCUT2D eigenvalue weighted by molar-refractivity contribution is -0.131. The third kappa shape index (κ3) is 3.54. The number of hydrogen-bond donors (Lipinski definition) is 1. The summed E-state index contributed by atoms with van der Waals surface area (Å²) in [4.78, 5) is 12.5. The van der Waals surface area contributed by atoms with Gasteiger partial charge in [-0.2, -0.15) is 0 Å². The predicted octanol–water partition coefficient (Wildman–Crippen LogP) is 3.06. The van der Waals surface area contributed by atoms with E-state index in [1.165, 1.54) is 0 Å². The van der Waals surface area contributed by atoms with Crippen LogP contribution in [0.1, 0.15) is 29.6 Å². The van der Waals surface area contributed by atoms with Crippen molar-refractivity contribution in [2.24, 2.45) is 0 Å². The second-order valence-corrected chi connectivity index (χ2v) is 5.64. The summed E-state index contributed by atoms with van der Waals surface area (Å²) in [7, 11) is 1.56. The van der Waals surface area contributed by atoms with E-state index in [1.54, 1.807) is 7.11 Å². The molecule has 0 aliphatic carbocycles. The highest BCUT2D eigenvalue weighted by molar-refractivity contribution is 5.82. The molecule has 2 atom stereocenters. The minimum Gasteiger partial charge on any atom is -0.493 e. The molecule has 1 aliphatic heterocycles. The molecule has 0 unspecified atom stereocenters. The molecule has 0 saturated carbocycles. The molecule has 0 radical (unpaired) electrons. The van der Waals surface area contributed by atoms with Crippen molar-refractivity contribution in [3.05, 3.63) is 65.7 Å². The monoisotopic (exact) mass is 311 g/mol. The van der Waals surface area contributed by atoms with Crippen LogP contribution >= 0.6 is 0 Å². The Hall–Kier alpha value is -2.33. The van der Waals surface area contributed by atoms with Crippen LogP contribution in [-0.4, -0.2) is 26.2 Å². The zero-order chi connectivity index (χ0) is 16.1. The summed E-state index contributed by atoms with van der Waals surface area (Å²) in [5, 5.41) is 3.02. The molecule has 1 N–H and O–H groups in total. The first-order valence-corrected chi connectivity index (χ1v) is 7.86. The van der Waals surface area contributed by atoms with Gasteiger partial charge < -0.3 is 14.8 Å². The molecule has 0 aromatic heterocycles. The number of rotatable bonds is 5. The molecule has 0 fully saturated rings. The van der Waals surface area contributed by atoms with Crippen LogP contribution < -0.4 is 10.1 Å². The molecule has 2 aromatic carbocycles. The third-order valence-corrected chi connectivity index (χ3v) is 4.18. The van der Waals surface area contributed by atoms with Crippen molar-refractivity contribution in [2.75, 3.05) is 20.3 Å². The van der Waals surface area contributed by atoms with Crippen LogP contribution in [0, 0.1) is 0 Å². The summed E-state index contributed by atoms with van der Waals surface area (Å²) in [5.41, 5.74) is 2.02. The molecule has 1 heterocycles. The summed E-state index contributed by atoms with van der Waals surface area (Å²) in [6.07, 6.45) is 0.326. The van der Waals surface area contributed by atoms with E-state index in [-0.39, 0.29) is 11.8 Å². The molecular weight excluding hydrogens is 290 g/mol. The number of para-hydroxylation sites is 1. The summed E-state index contributed by atoms with van der Waals surface area (Å²) in [5.74, 6) is 1.09. The number of hydrogen-bond acceptors (Lipinski definition) is 3. The fourth-order valence-corrected chi connectivity index (χ4v) is 2.97. The Bertz CT molecular complexity index is 657. The zero-order valence-corrected chi connectivity index (χ0v) is 13.2. The average molecular weight is 311 g/mol. The fourth-order valence-electron chi connectivity index (χ4n) is 2.97. The Morgan fingerprint density at radius 2 is 1.96 bits per heavy atom. The molecular formula is C19H21NO3. The van der Waals surface area contributed by atoms with Crippen LogP contribution in [-0.2, 0) is 9.53 Å². The smallest absolute Gasteiger partial charge is 0.253 e. The SMILES string of the molecule is CO[C@@H](C(=O)NC[C@H]1CCOc2ccccc21)c1ccccc1. The molecule has 0 bridgehead atoms. The highest BCUT2D eigenvalue weighted by Crippen LogP contribution is 2.32. The zero-order valence-electron chi connectivity index (χ0n) is 13.2. The number of methoxy groups -OCH3 is 1. The first-order chi connectivity index (χ1) is 11.3. The number of fused-ring (bicyclic) bond motifs is 1. The van der Waals surface area contributed by atoms with E-state index in [2.05, 4.69) is 11.4 Å². The molecule has 1 aliphatic rings. The van der Waals surface area contributed by atoms with Crippen molar-refractivity contribution in [1.29, 1.82) is 0 Å².